The second-order valence-corrected chi connectivity index (χ2v) is 3.33. The molecule has 0 bridgehead atoms. The first-order chi connectivity index (χ1) is 7.41. The van der Waals surface area contributed by atoms with Crippen LogP contribution in [0.25, 0.3) is 0 Å². The van der Waals surface area contributed by atoms with E-state index in [-0.39, 0.29) is 17.7 Å². The maximum absolute atomic E-state index is 12.6. The zero-order valence-corrected chi connectivity index (χ0v) is 8.23. The Balaban J connectivity index is 2.99. The minimum absolute atomic E-state index is 0.128. The van der Waals surface area contributed by atoms with Gasteiger partial charge in [-0.15, -0.1) is 0 Å². The van der Waals surface area contributed by atoms with Crippen LogP contribution in [0, 0.1) is 0 Å². The first kappa shape index (κ1) is 12.4. The number of nitrogens with two attached hydrogens (primary N) is 1. The number of aromatic hydroxyl groups is 1. The normalized spacial score (nSPS) is 12.8. The number of phenols is 1. The molecule has 0 amide bonds. The molecule has 0 saturated carbocycles. The average molecular weight is 231 g/mol. The van der Waals surface area contributed by atoms with Crippen LogP contribution in [0.4, 0.5) is 8.78 Å². The van der Waals surface area contributed by atoms with Gasteiger partial charge in [0.05, 0.1) is 0 Å². The molecule has 1 atom stereocenters. The number of hydrogen-bond donors (Lipinski definition) is 3. The molecule has 1 aromatic rings. The Hall–Kier alpha value is -1.69. The summed E-state index contributed by atoms with van der Waals surface area (Å²) in [6.45, 7) is 0. The summed E-state index contributed by atoms with van der Waals surface area (Å²) in [4.78, 5) is 10.5. The van der Waals surface area contributed by atoms with E-state index in [1.807, 2.05) is 0 Å². The summed E-state index contributed by atoms with van der Waals surface area (Å²) in [5.41, 5.74) is 4.98. The van der Waals surface area contributed by atoms with E-state index in [2.05, 4.69) is 0 Å². The second kappa shape index (κ2) is 4.89. The monoisotopic (exact) mass is 231 g/mol. The highest BCUT2D eigenvalue weighted by atomic mass is 19.3. The number of hydrogen-bond acceptors (Lipinski definition) is 3. The Morgan fingerprint density at radius 1 is 1.44 bits per heavy atom. The molecule has 0 aliphatic rings. The largest absolute Gasteiger partial charge is 0.508 e. The zero-order chi connectivity index (χ0) is 12.3. The topological polar surface area (TPSA) is 83.5 Å². The molecule has 0 spiro atoms. The fraction of sp³-hybridized carbons (Fsp3) is 0.300. The number of aliphatic carboxylic acids is 1. The minimum Gasteiger partial charge on any atom is -0.508 e. The van der Waals surface area contributed by atoms with Gasteiger partial charge in [0, 0.05) is 5.56 Å². The molecule has 0 heterocycles. The van der Waals surface area contributed by atoms with E-state index in [0.29, 0.717) is 0 Å². The first-order valence-corrected chi connectivity index (χ1v) is 4.50. The SMILES string of the molecule is N[C@@H](Cc1ccc(O)cc1C(F)F)C(=O)O. The number of benzene rings is 1. The summed E-state index contributed by atoms with van der Waals surface area (Å²) < 4.78 is 25.1. The molecule has 88 valence electrons. The maximum Gasteiger partial charge on any atom is 0.320 e. The van der Waals surface area contributed by atoms with Crippen molar-refractivity contribution in [1.82, 2.24) is 0 Å². The van der Waals surface area contributed by atoms with Crippen LogP contribution >= 0.6 is 0 Å². The van der Waals surface area contributed by atoms with Crippen LogP contribution in [0.5, 0.6) is 5.75 Å². The quantitative estimate of drug-likeness (QED) is 0.728. The smallest absolute Gasteiger partial charge is 0.320 e. The van der Waals surface area contributed by atoms with E-state index < -0.39 is 24.0 Å². The van der Waals surface area contributed by atoms with E-state index in [0.717, 1.165) is 6.07 Å². The van der Waals surface area contributed by atoms with Crippen LogP contribution in [0.15, 0.2) is 18.2 Å². The maximum atomic E-state index is 12.6. The number of halogens is 2. The van der Waals surface area contributed by atoms with Crippen LogP contribution < -0.4 is 5.73 Å². The predicted molar refractivity (Wildman–Crippen MR) is 52.4 cm³/mol. The second-order valence-electron chi connectivity index (χ2n) is 3.33. The third-order valence-electron chi connectivity index (χ3n) is 2.12. The lowest BCUT2D eigenvalue weighted by molar-refractivity contribution is -0.138. The van der Waals surface area contributed by atoms with Crippen LogP contribution in [-0.2, 0) is 11.2 Å². The van der Waals surface area contributed by atoms with Crippen molar-refractivity contribution in [3.05, 3.63) is 29.3 Å². The predicted octanol–water partition coefficient (Wildman–Crippen LogP) is 1.28. The molecule has 0 saturated heterocycles. The highest BCUT2D eigenvalue weighted by molar-refractivity contribution is 5.73. The Morgan fingerprint density at radius 2 is 2.06 bits per heavy atom. The Morgan fingerprint density at radius 3 is 2.56 bits per heavy atom. The van der Waals surface area contributed by atoms with Gasteiger partial charge in [0.15, 0.2) is 0 Å². The molecule has 0 fully saturated rings. The average Bonchev–Trinajstić information content (AvgIpc) is 2.20. The van der Waals surface area contributed by atoms with Crippen molar-refractivity contribution in [2.75, 3.05) is 0 Å². The molecular formula is C10H11F2NO3. The molecule has 0 aromatic heterocycles. The fourth-order valence-electron chi connectivity index (χ4n) is 1.30. The van der Waals surface area contributed by atoms with Crippen molar-refractivity contribution in [1.29, 1.82) is 0 Å². The van der Waals surface area contributed by atoms with Crippen molar-refractivity contribution in [3.8, 4) is 5.75 Å². The molecule has 0 aliphatic heterocycles. The summed E-state index contributed by atoms with van der Waals surface area (Å²) in [6.07, 6.45) is -2.97. The van der Waals surface area contributed by atoms with Gasteiger partial charge in [-0.3, -0.25) is 4.79 Å². The molecule has 6 heteroatoms. The summed E-state index contributed by atoms with van der Waals surface area (Å²) >= 11 is 0. The summed E-state index contributed by atoms with van der Waals surface area (Å²) in [6, 6.07) is 2.14. The number of alkyl halides is 2. The van der Waals surface area contributed by atoms with Crippen LogP contribution in [0.2, 0.25) is 0 Å². The standard InChI is InChI=1S/C10H11F2NO3/c11-9(12)7-4-6(14)2-1-5(7)3-8(13)10(15)16/h1-2,4,8-9,14H,3,13H2,(H,15,16)/t8-/m0/s1. The van der Waals surface area contributed by atoms with Gasteiger partial charge >= 0.3 is 5.97 Å². The van der Waals surface area contributed by atoms with Crippen molar-refractivity contribution in [3.63, 3.8) is 0 Å². The van der Waals surface area contributed by atoms with Crippen molar-refractivity contribution < 1.29 is 23.8 Å². The van der Waals surface area contributed by atoms with Crippen molar-refractivity contribution in [2.24, 2.45) is 5.73 Å². The van der Waals surface area contributed by atoms with Gasteiger partial charge in [-0.25, -0.2) is 8.78 Å². The van der Waals surface area contributed by atoms with E-state index in [1.54, 1.807) is 0 Å². The van der Waals surface area contributed by atoms with E-state index in [4.69, 9.17) is 15.9 Å². The molecule has 1 rings (SSSR count). The van der Waals surface area contributed by atoms with Gasteiger partial charge in [-0.2, -0.15) is 0 Å². The van der Waals surface area contributed by atoms with Gasteiger partial charge in [0.2, 0.25) is 0 Å². The van der Waals surface area contributed by atoms with Crippen LogP contribution in [0.3, 0.4) is 0 Å². The highest BCUT2D eigenvalue weighted by Gasteiger charge is 2.18. The number of phenolic OH excluding ortho intramolecular Hbond substituents is 1. The summed E-state index contributed by atoms with van der Waals surface area (Å²) in [5.74, 6) is -1.55. The lowest BCUT2D eigenvalue weighted by Crippen LogP contribution is -2.32. The van der Waals surface area contributed by atoms with Crippen molar-refractivity contribution in [2.45, 2.75) is 18.9 Å². The molecule has 16 heavy (non-hydrogen) atoms. The third kappa shape index (κ3) is 2.90. The molecule has 4 N–H and O–H groups in total. The number of carboxylic acids is 1. The number of carboxylic acid groups (broad SMARTS) is 1. The summed E-state index contributed by atoms with van der Waals surface area (Å²) in [7, 11) is 0. The van der Waals surface area contributed by atoms with Gasteiger partial charge in [-0.1, -0.05) is 6.07 Å². The van der Waals surface area contributed by atoms with Crippen molar-refractivity contribution >= 4 is 5.97 Å². The minimum atomic E-state index is -2.77. The van der Waals surface area contributed by atoms with Gasteiger partial charge in [0.25, 0.3) is 6.43 Å². The Labute approximate surface area is 90.3 Å². The zero-order valence-electron chi connectivity index (χ0n) is 8.23. The van der Waals surface area contributed by atoms with Crippen LogP contribution in [0.1, 0.15) is 17.6 Å². The number of rotatable bonds is 4. The molecule has 4 nitrogen and oxygen atoms in total. The fourth-order valence-corrected chi connectivity index (χ4v) is 1.30. The lowest BCUT2D eigenvalue weighted by atomic mass is 10.0. The highest BCUT2D eigenvalue weighted by Crippen LogP contribution is 2.27. The molecule has 0 aliphatic carbocycles. The van der Waals surface area contributed by atoms with E-state index in [9.17, 15) is 13.6 Å². The van der Waals surface area contributed by atoms with E-state index >= 15 is 0 Å². The Bertz CT molecular complexity index is 396. The third-order valence-corrected chi connectivity index (χ3v) is 2.12. The molecule has 1 aromatic carbocycles. The van der Waals surface area contributed by atoms with Gasteiger partial charge < -0.3 is 15.9 Å². The van der Waals surface area contributed by atoms with Gasteiger partial charge in [0.1, 0.15) is 11.8 Å². The lowest BCUT2D eigenvalue weighted by Gasteiger charge is -2.11. The first-order valence-electron chi connectivity index (χ1n) is 4.50. The van der Waals surface area contributed by atoms with Gasteiger partial charge in [-0.05, 0) is 24.1 Å². The number of carbonyl (C=O) groups is 1. The molecule has 0 radical (unpaired) electrons. The van der Waals surface area contributed by atoms with Crippen LogP contribution in [-0.4, -0.2) is 22.2 Å². The molecule has 0 unspecified atom stereocenters. The molecular weight excluding hydrogens is 220 g/mol. The summed E-state index contributed by atoms with van der Waals surface area (Å²) in [5, 5.41) is 17.6. The Kier molecular flexibility index (Phi) is 3.78. The van der Waals surface area contributed by atoms with E-state index in [1.165, 1.54) is 12.1 Å².